The van der Waals surface area contributed by atoms with Crippen molar-refractivity contribution in [2.45, 2.75) is 167 Å². The molecule has 0 aliphatic rings. The molecule has 0 radical (unpaired) electrons. The average Bonchev–Trinajstić information content (AvgIpc) is 3.14. The average molecular weight is 771 g/mol. The molecule has 0 rings (SSSR count). The number of carbonyl (C=O) groups excluding carboxylic acids is 2. The van der Waals surface area contributed by atoms with Gasteiger partial charge in [-0.15, -0.1) is 0 Å². The number of quaternary nitrogens is 1. The smallest absolute Gasteiger partial charge is 0.362 e. The highest BCUT2D eigenvalue weighted by molar-refractivity contribution is 5.72. The Morgan fingerprint density at radius 2 is 1.02 bits per heavy atom. The first kappa shape index (κ1) is 51.8. The Kier molecular flexibility index (Phi) is 35.5. The molecule has 0 fully saturated rings. The predicted molar refractivity (Wildman–Crippen MR) is 229 cm³/mol. The highest BCUT2D eigenvalue weighted by atomic mass is 16.6. The number of allylic oxidation sites excluding steroid dienone is 12. The van der Waals surface area contributed by atoms with Gasteiger partial charge in [0.2, 0.25) is 0 Å². The van der Waals surface area contributed by atoms with Gasteiger partial charge in [0.1, 0.15) is 6.61 Å². The lowest BCUT2D eigenvalue weighted by Gasteiger charge is -2.31. The van der Waals surface area contributed by atoms with Crippen LogP contribution in [0.3, 0.4) is 0 Å². The monoisotopic (exact) mass is 771 g/mol. The van der Waals surface area contributed by atoms with Gasteiger partial charge in [-0.3, -0.25) is 9.59 Å². The van der Waals surface area contributed by atoms with E-state index in [4.69, 9.17) is 14.2 Å². The normalized spacial score (nSPS) is 13.7. The molecule has 8 heteroatoms. The quantitative estimate of drug-likeness (QED) is 0.0291. The van der Waals surface area contributed by atoms with Gasteiger partial charge in [-0.1, -0.05) is 145 Å². The molecule has 314 valence electrons. The molecule has 0 aliphatic carbocycles. The summed E-state index contributed by atoms with van der Waals surface area (Å²) in [4.78, 5) is 36.9. The number of aliphatic carboxylic acids is 1. The van der Waals surface area contributed by atoms with Gasteiger partial charge in [0.15, 0.2) is 12.1 Å². The van der Waals surface area contributed by atoms with E-state index in [0.717, 1.165) is 70.6 Å². The molecule has 0 bridgehead atoms. The lowest BCUT2D eigenvalue weighted by atomic mass is 10.1. The first-order chi connectivity index (χ1) is 26.6. The maximum Gasteiger partial charge on any atom is 0.362 e. The van der Waals surface area contributed by atoms with Crippen LogP contribution in [-0.4, -0.2) is 80.6 Å². The molecule has 8 nitrogen and oxygen atoms in total. The number of esters is 2. The number of hydrogen-bond acceptors (Lipinski definition) is 6. The van der Waals surface area contributed by atoms with Crippen molar-refractivity contribution >= 4 is 17.9 Å². The van der Waals surface area contributed by atoms with E-state index in [9.17, 15) is 19.5 Å². The van der Waals surface area contributed by atoms with Crippen molar-refractivity contribution in [2.24, 2.45) is 0 Å². The van der Waals surface area contributed by atoms with Crippen LogP contribution in [0.1, 0.15) is 155 Å². The second-order valence-corrected chi connectivity index (χ2v) is 15.2. The summed E-state index contributed by atoms with van der Waals surface area (Å²) in [5.41, 5.74) is 0. The summed E-state index contributed by atoms with van der Waals surface area (Å²) in [5, 5.41) is 9.60. The highest BCUT2D eigenvalue weighted by Crippen LogP contribution is 2.13. The number of likely N-dealkylation sites (N-methyl/N-ethyl adjacent to an activating group) is 1. The number of nitrogens with zero attached hydrogens (tertiary/aromatic N) is 1. The Morgan fingerprint density at radius 1 is 0.564 bits per heavy atom. The van der Waals surface area contributed by atoms with Gasteiger partial charge in [-0.25, -0.2) is 4.79 Å². The summed E-state index contributed by atoms with van der Waals surface area (Å²) in [6.45, 7) is 4.54. The topological polar surface area (TPSA) is 99.1 Å². The number of unbranched alkanes of at least 4 members (excludes halogenated alkanes) is 11. The van der Waals surface area contributed by atoms with Crippen LogP contribution in [0, 0.1) is 0 Å². The van der Waals surface area contributed by atoms with E-state index in [1.165, 1.54) is 44.9 Å². The molecular formula is C47H80NO7+. The molecular weight excluding hydrogens is 691 g/mol. The fourth-order valence-corrected chi connectivity index (χ4v) is 5.80. The van der Waals surface area contributed by atoms with Crippen molar-refractivity contribution in [3.8, 4) is 0 Å². The SMILES string of the molecule is CC/C=C/C/C=C/C/C=C/C/C=C/C/C=C/C/C=C/CCCCC(=O)OCC(COCCC(C(=O)O)[N+](C)(C)C)OC(=O)CCCCCCCCCCCC. The molecule has 0 aromatic rings. The molecule has 0 aliphatic heterocycles. The maximum atomic E-state index is 12.7. The minimum absolute atomic E-state index is 0.0449. The minimum atomic E-state index is -0.884. The van der Waals surface area contributed by atoms with E-state index in [1.54, 1.807) is 0 Å². The lowest BCUT2D eigenvalue weighted by molar-refractivity contribution is -0.887. The van der Waals surface area contributed by atoms with Gasteiger partial charge >= 0.3 is 17.9 Å². The van der Waals surface area contributed by atoms with Crippen molar-refractivity contribution in [1.29, 1.82) is 0 Å². The second-order valence-electron chi connectivity index (χ2n) is 15.2. The van der Waals surface area contributed by atoms with Gasteiger partial charge in [0.05, 0.1) is 34.4 Å². The van der Waals surface area contributed by atoms with E-state index >= 15 is 0 Å². The van der Waals surface area contributed by atoms with Crippen molar-refractivity contribution < 1.29 is 38.2 Å². The molecule has 0 heterocycles. The molecule has 0 amide bonds. The van der Waals surface area contributed by atoms with Crippen LogP contribution >= 0.6 is 0 Å². The maximum absolute atomic E-state index is 12.7. The Morgan fingerprint density at radius 3 is 1.51 bits per heavy atom. The fraction of sp³-hybridized carbons (Fsp3) is 0.681. The van der Waals surface area contributed by atoms with Crippen molar-refractivity contribution in [1.82, 2.24) is 0 Å². The lowest BCUT2D eigenvalue weighted by Crippen LogP contribution is -2.50. The zero-order valence-electron chi connectivity index (χ0n) is 35.6. The van der Waals surface area contributed by atoms with Crippen LogP contribution in [0.5, 0.6) is 0 Å². The Hall–Kier alpha value is -3.23. The van der Waals surface area contributed by atoms with Crippen molar-refractivity contribution in [2.75, 3.05) is 41.0 Å². The molecule has 0 aromatic heterocycles. The van der Waals surface area contributed by atoms with Crippen LogP contribution in [0.2, 0.25) is 0 Å². The summed E-state index contributed by atoms with van der Waals surface area (Å²) in [6, 6.07) is -0.622. The van der Waals surface area contributed by atoms with Gasteiger partial charge in [-0.05, 0) is 64.2 Å². The molecule has 2 atom stereocenters. The molecule has 0 saturated carbocycles. The minimum Gasteiger partial charge on any atom is -0.477 e. The van der Waals surface area contributed by atoms with E-state index in [0.29, 0.717) is 25.7 Å². The van der Waals surface area contributed by atoms with E-state index in [-0.39, 0.29) is 36.2 Å². The zero-order chi connectivity index (χ0) is 40.7. The standard InChI is InChI=1S/C47H79NO7/c1-6-8-10-12-14-16-18-19-20-21-22-23-24-25-26-27-28-30-31-33-35-37-45(49)54-42-43(41-53-40-39-44(47(51)52)48(3,4)5)55-46(50)38-36-34-32-29-17-15-13-11-9-7-2/h8,10,14,16,19-20,22-23,25-26,28,30,43-44H,6-7,9,11-13,15,17-18,21,24,27,29,31-42H2,1-5H3/p+1/b10-8+,16-14+,20-19+,23-22+,26-25+,30-28+. The summed E-state index contributed by atoms with van der Waals surface area (Å²) in [7, 11) is 5.50. The number of carbonyl (C=O) groups is 3. The van der Waals surface area contributed by atoms with Crippen molar-refractivity contribution in [3.05, 3.63) is 72.9 Å². The third kappa shape index (κ3) is 36.2. The van der Waals surface area contributed by atoms with E-state index in [2.05, 4.69) is 86.8 Å². The molecule has 0 aromatic carbocycles. The summed E-state index contributed by atoms with van der Waals surface area (Å²) in [6.07, 6.45) is 46.6. The van der Waals surface area contributed by atoms with E-state index < -0.39 is 18.1 Å². The van der Waals surface area contributed by atoms with Crippen LogP contribution < -0.4 is 0 Å². The molecule has 0 spiro atoms. The third-order valence-electron chi connectivity index (χ3n) is 9.12. The van der Waals surface area contributed by atoms with Crippen LogP contribution in [0.25, 0.3) is 0 Å². The van der Waals surface area contributed by atoms with E-state index in [1.807, 2.05) is 21.1 Å². The molecule has 0 saturated heterocycles. The first-order valence-corrected chi connectivity index (χ1v) is 21.5. The molecule has 2 unspecified atom stereocenters. The zero-order valence-corrected chi connectivity index (χ0v) is 35.6. The van der Waals surface area contributed by atoms with Gasteiger partial charge in [0, 0.05) is 19.3 Å². The Balaban J connectivity index is 4.40. The summed E-state index contributed by atoms with van der Waals surface area (Å²) < 4.78 is 17.2. The number of ether oxygens (including phenoxy) is 3. The number of carboxylic acid groups (broad SMARTS) is 1. The Bertz CT molecular complexity index is 1130. The highest BCUT2D eigenvalue weighted by Gasteiger charge is 2.31. The Labute approximate surface area is 336 Å². The van der Waals surface area contributed by atoms with Crippen LogP contribution in [0.4, 0.5) is 0 Å². The summed E-state index contributed by atoms with van der Waals surface area (Å²) in [5.74, 6) is -1.53. The number of hydrogen-bond donors (Lipinski definition) is 1. The number of rotatable bonds is 37. The second kappa shape index (κ2) is 37.7. The number of carboxylic acids is 1. The van der Waals surface area contributed by atoms with Gasteiger partial charge < -0.3 is 23.8 Å². The first-order valence-electron chi connectivity index (χ1n) is 21.5. The van der Waals surface area contributed by atoms with Crippen LogP contribution in [0.15, 0.2) is 72.9 Å². The van der Waals surface area contributed by atoms with Gasteiger partial charge in [0.25, 0.3) is 0 Å². The van der Waals surface area contributed by atoms with Crippen LogP contribution in [-0.2, 0) is 28.6 Å². The molecule has 55 heavy (non-hydrogen) atoms. The van der Waals surface area contributed by atoms with Crippen molar-refractivity contribution in [3.63, 3.8) is 0 Å². The third-order valence-corrected chi connectivity index (χ3v) is 9.12. The fourth-order valence-electron chi connectivity index (χ4n) is 5.80. The largest absolute Gasteiger partial charge is 0.477 e. The summed E-state index contributed by atoms with van der Waals surface area (Å²) >= 11 is 0. The predicted octanol–water partition coefficient (Wildman–Crippen LogP) is 11.6. The van der Waals surface area contributed by atoms with Gasteiger partial charge in [-0.2, -0.15) is 0 Å². The molecule has 1 N–H and O–H groups in total.